The van der Waals surface area contributed by atoms with Gasteiger partial charge in [-0.15, -0.1) is 11.3 Å². The number of aryl methyl sites for hydroxylation is 3. The number of nitrogens with zero attached hydrogens (tertiary/aromatic N) is 4. The van der Waals surface area contributed by atoms with Crippen LogP contribution in [-0.4, -0.2) is 47.1 Å². The Balaban J connectivity index is 1.24. The number of nitrogens with one attached hydrogen (secondary N) is 1. The van der Waals surface area contributed by atoms with Gasteiger partial charge in [0.05, 0.1) is 11.1 Å². The van der Waals surface area contributed by atoms with Crippen LogP contribution < -0.4 is 10.2 Å². The van der Waals surface area contributed by atoms with Crippen molar-refractivity contribution in [2.75, 3.05) is 36.4 Å². The number of amides is 2. The molecule has 3 heterocycles. The number of para-hydroxylation sites is 1. The number of fused-ring (bicyclic) bond motifs is 3. The van der Waals surface area contributed by atoms with Gasteiger partial charge in [-0.2, -0.15) is 0 Å². The molecule has 0 radical (unpaired) electrons. The minimum atomic E-state index is -0.0603. The zero-order valence-electron chi connectivity index (χ0n) is 21.6. The van der Waals surface area contributed by atoms with Crippen LogP contribution in [-0.2, 0) is 25.7 Å². The molecular formula is C30H32BrN5OS. The highest BCUT2D eigenvalue weighted by Gasteiger charge is 2.28. The third-order valence-corrected chi connectivity index (χ3v) is 9.48. The highest BCUT2D eigenvalue weighted by Crippen LogP contribution is 2.41. The Kier molecular flexibility index (Phi) is 7.34. The third kappa shape index (κ3) is 5.29. The molecule has 0 bridgehead atoms. The molecule has 2 amide bonds. The van der Waals surface area contributed by atoms with Crippen LogP contribution in [0.5, 0.6) is 0 Å². The summed E-state index contributed by atoms with van der Waals surface area (Å²) in [6.07, 6.45) is 5.21. The van der Waals surface area contributed by atoms with Crippen LogP contribution in [0.2, 0.25) is 0 Å². The van der Waals surface area contributed by atoms with Crippen molar-refractivity contribution in [1.82, 2.24) is 14.9 Å². The van der Waals surface area contributed by atoms with Crippen LogP contribution in [0, 0.1) is 5.92 Å². The summed E-state index contributed by atoms with van der Waals surface area (Å²) in [7, 11) is 0. The molecule has 1 aliphatic carbocycles. The first kappa shape index (κ1) is 25.3. The van der Waals surface area contributed by atoms with Gasteiger partial charge in [-0.05, 0) is 70.8 Å². The number of hydrogen-bond acceptors (Lipinski definition) is 5. The Morgan fingerprint density at radius 3 is 2.58 bits per heavy atom. The maximum absolute atomic E-state index is 13.0. The summed E-state index contributed by atoms with van der Waals surface area (Å²) in [5, 5.41) is 4.30. The number of carbonyl (C=O) groups excluding carboxylic acids is 1. The van der Waals surface area contributed by atoms with E-state index in [1.165, 1.54) is 27.8 Å². The van der Waals surface area contributed by atoms with Gasteiger partial charge in [-0.3, -0.25) is 0 Å². The van der Waals surface area contributed by atoms with Crippen molar-refractivity contribution in [2.24, 2.45) is 5.92 Å². The third-order valence-electron chi connectivity index (χ3n) is 7.64. The lowest BCUT2D eigenvalue weighted by Gasteiger charge is -2.36. The summed E-state index contributed by atoms with van der Waals surface area (Å²) in [6.45, 7) is 5.18. The second-order valence-electron chi connectivity index (χ2n) is 10.4. The van der Waals surface area contributed by atoms with E-state index in [0.29, 0.717) is 13.1 Å². The molecule has 8 heteroatoms. The molecule has 1 atom stereocenters. The molecule has 6 rings (SSSR count). The molecule has 1 aliphatic heterocycles. The maximum atomic E-state index is 13.0. The first-order chi connectivity index (χ1) is 18.5. The van der Waals surface area contributed by atoms with Crippen LogP contribution in [0.4, 0.5) is 16.3 Å². The number of carbonyl (C=O) groups is 1. The standard InChI is InChI=1S/C30H32BrN5OS/c1-20-11-13-22-25(19-20)38-29-27(22)28(33-26(34-29)14-12-21-7-3-2-4-8-21)35-15-17-36(18-16-35)30(37)32-24-10-6-5-9-23(24)31/h2-10,20H,11-19H2,1H3,(H,32,37). The van der Waals surface area contributed by atoms with E-state index in [9.17, 15) is 4.79 Å². The summed E-state index contributed by atoms with van der Waals surface area (Å²) in [5.41, 5.74) is 3.56. The summed E-state index contributed by atoms with van der Waals surface area (Å²) < 4.78 is 0.884. The maximum Gasteiger partial charge on any atom is 0.321 e. The first-order valence-electron chi connectivity index (χ1n) is 13.5. The van der Waals surface area contributed by atoms with Gasteiger partial charge in [0.25, 0.3) is 0 Å². The van der Waals surface area contributed by atoms with E-state index in [0.717, 1.165) is 71.3 Å². The fourth-order valence-corrected chi connectivity index (χ4v) is 7.27. The van der Waals surface area contributed by atoms with Gasteiger partial charge in [0, 0.05) is 41.9 Å². The molecule has 0 saturated carbocycles. The van der Waals surface area contributed by atoms with Crippen LogP contribution in [0.15, 0.2) is 59.1 Å². The Labute approximate surface area is 236 Å². The zero-order valence-corrected chi connectivity index (χ0v) is 24.0. The fraction of sp³-hybridized carbons (Fsp3) is 0.367. The quantitative estimate of drug-likeness (QED) is 0.281. The van der Waals surface area contributed by atoms with Crippen LogP contribution in [0.3, 0.4) is 0 Å². The van der Waals surface area contributed by atoms with E-state index in [1.807, 2.05) is 40.5 Å². The number of aromatic nitrogens is 2. The van der Waals surface area contributed by atoms with Crippen molar-refractivity contribution in [2.45, 2.75) is 39.0 Å². The normalized spacial score (nSPS) is 17.5. The Bertz CT molecular complexity index is 1450. The highest BCUT2D eigenvalue weighted by molar-refractivity contribution is 9.10. The molecule has 6 nitrogen and oxygen atoms in total. The first-order valence-corrected chi connectivity index (χ1v) is 15.1. The van der Waals surface area contributed by atoms with Gasteiger partial charge >= 0.3 is 6.03 Å². The van der Waals surface area contributed by atoms with Gasteiger partial charge in [-0.25, -0.2) is 14.8 Å². The van der Waals surface area contributed by atoms with Crippen molar-refractivity contribution in [3.05, 3.63) is 80.9 Å². The molecule has 1 saturated heterocycles. The topological polar surface area (TPSA) is 61.4 Å². The Morgan fingerprint density at radius 2 is 1.79 bits per heavy atom. The lowest BCUT2D eigenvalue weighted by molar-refractivity contribution is 0.208. The van der Waals surface area contributed by atoms with Crippen molar-refractivity contribution < 1.29 is 4.79 Å². The molecule has 2 aromatic heterocycles. The van der Waals surface area contributed by atoms with Crippen molar-refractivity contribution in [3.63, 3.8) is 0 Å². The molecule has 0 spiro atoms. The number of halogens is 1. The van der Waals surface area contributed by atoms with Crippen molar-refractivity contribution in [1.29, 1.82) is 0 Å². The van der Waals surface area contributed by atoms with E-state index in [-0.39, 0.29) is 6.03 Å². The molecule has 196 valence electrons. The number of benzene rings is 2. The molecule has 1 fully saturated rings. The molecule has 38 heavy (non-hydrogen) atoms. The van der Waals surface area contributed by atoms with Gasteiger partial charge in [0.2, 0.25) is 0 Å². The summed E-state index contributed by atoms with van der Waals surface area (Å²) in [4.78, 5) is 30.1. The zero-order chi connectivity index (χ0) is 26.1. The van der Waals surface area contributed by atoms with Crippen molar-refractivity contribution >= 4 is 55.0 Å². The number of thiophene rings is 1. The monoisotopic (exact) mass is 589 g/mol. The summed E-state index contributed by atoms with van der Waals surface area (Å²) >= 11 is 5.39. The number of hydrogen-bond donors (Lipinski definition) is 1. The highest BCUT2D eigenvalue weighted by atomic mass is 79.9. The molecule has 4 aromatic rings. The Morgan fingerprint density at radius 1 is 1.03 bits per heavy atom. The van der Waals surface area contributed by atoms with Crippen LogP contribution in [0.1, 0.15) is 35.2 Å². The molecule has 1 unspecified atom stereocenters. The summed E-state index contributed by atoms with van der Waals surface area (Å²) in [5.74, 6) is 2.70. The minimum absolute atomic E-state index is 0.0603. The predicted molar refractivity (Wildman–Crippen MR) is 159 cm³/mol. The number of piperazine rings is 1. The van der Waals surface area contributed by atoms with E-state index in [2.05, 4.69) is 63.4 Å². The number of rotatable bonds is 5. The second-order valence-corrected chi connectivity index (χ2v) is 12.3. The number of urea groups is 1. The molecular weight excluding hydrogens is 558 g/mol. The van der Waals surface area contributed by atoms with Gasteiger partial charge in [0.15, 0.2) is 0 Å². The van der Waals surface area contributed by atoms with E-state index >= 15 is 0 Å². The van der Waals surface area contributed by atoms with Crippen LogP contribution in [0.25, 0.3) is 10.2 Å². The summed E-state index contributed by atoms with van der Waals surface area (Å²) in [6, 6.07) is 18.2. The number of anilines is 2. The second kappa shape index (κ2) is 11.0. The largest absolute Gasteiger partial charge is 0.352 e. The molecule has 2 aromatic carbocycles. The minimum Gasteiger partial charge on any atom is -0.352 e. The fourth-order valence-electron chi connectivity index (χ4n) is 5.49. The van der Waals surface area contributed by atoms with Crippen LogP contribution >= 0.6 is 27.3 Å². The smallest absolute Gasteiger partial charge is 0.321 e. The van der Waals surface area contributed by atoms with E-state index < -0.39 is 0 Å². The van der Waals surface area contributed by atoms with E-state index in [4.69, 9.17) is 9.97 Å². The van der Waals surface area contributed by atoms with Crippen molar-refractivity contribution in [3.8, 4) is 0 Å². The van der Waals surface area contributed by atoms with Gasteiger partial charge < -0.3 is 15.1 Å². The lowest BCUT2D eigenvalue weighted by Crippen LogP contribution is -2.50. The lowest BCUT2D eigenvalue weighted by atomic mass is 9.89. The molecule has 1 N–H and O–H groups in total. The molecule has 2 aliphatic rings. The average Bonchev–Trinajstić information content (AvgIpc) is 3.30. The van der Waals surface area contributed by atoms with Gasteiger partial charge in [-0.1, -0.05) is 49.4 Å². The Hall–Kier alpha value is -2.97. The SMILES string of the molecule is CC1CCc2c(sc3nc(CCc4ccccc4)nc(N4CCN(C(=O)Nc5ccccc5Br)CC4)c23)C1. The predicted octanol–water partition coefficient (Wildman–Crippen LogP) is 6.72. The van der Waals surface area contributed by atoms with Gasteiger partial charge in [0.1, 0.15) is 16.5 Å². The average molecular weight is 591 g/mol. The van der Waals surface area contributed by atoms with E-state index in [1.54, 1.807) is 0 Å².